The molecule has 5 heteroatoms. The fourth-order valence-corrected chi connectivity index (χ4v) is 2.73. The Labute approximate surface area is 148 Å². The van der Waals surface area contributed by atoms with E-state index in [0.29, 0.717) is 12.0 Å². The first-order valence-electron chi connectivity index (χ1n) is 8.45. The first-order valence-corrected chi connectivity index (χ1v) is 8.45. The number of rotatable bonds is 8. The predicted octanol–water partition coefficient (Wildman–Crippen LogP) is 3.08. The molecule has 0 spiro atoms. The first-order chi connectivity index (χ1) is 9.69. The highest BCUT2D eigenvalue weighted by atomic mass is 127. The molecule has 0 amide bonds. The van der Waals surface area contributed by atoms with Crippen molar-refractivity contribution in [2.75, 3.05) is 32.7 Å². The molecular formula is C16H35IN4. The van der Waals surface area contributed by atoms with Crippen LogP contribution in [0.25, 0.3) is 0 Å². The number of likely N-dealkylation sites (tertiary alicyclic amines) is 1. The number of unbranched alkanes of at least 4 members (excludes halogenated alkanes) is 1. The Balaban J connectivity index is 0.00000400. The van der Waals surface area contributed by atoms with Gasteiger partial charge in [0.1, 0.15) is 0 Å². The molecule has 1 saturated heterocycles. The fraction of sp³-hybridized carbons (Fsp3) is 0.938. The van der Waals surface area contributed by atoms with Crippen LogP contribution in [-0.2, 0) is 0 Å². The summed E-state index contributed by atoms with van der Waals surface area (Å²) in [4.78, 5) is 7.42. The molecule has 1 heterocycles. The lowest BCUT2D eigenvalue weighted by atomic mass is 10.0. The number of halogens is 1. The molecule has 1 unspecified atom stereocenters. The van der Waals surface area contributed by atoms with Gasteiger partial charge in [-0.2, -0.15) is 0 Å². The van der Waals surface area contributed by atoms with Crippen LogP contribution in [-0.4, -0.2) is 49.6 Å². The maximum Gasteiger partial charge on any atom is 0.191 e. The Morgan fingerprint density at radius 1 is 1.14 bits per heavy atom. The molecule has 4 nitrogen and oxygen atoms in total. The van der Waals surface area contributed by atoms with E-state index < -0.39 is 0 Å². The smallest absolute Gasteiger partial charge is 0.191 e. The summed E-state index contributed by atoms with van der Waals surface area (Å²) in [5.74, 6) is 1.64. The average molecular weight is 410 g/mol. The summed E-state index contributed by atoms with van der Waals surface area (Å²) in [5.41, 5.74) is 0. The molecule has 1 fully saturated rings. The van der Waals surface area contributed by atoms with Crippen LogP contribution in [0, 0.1) is 5.92 Å². The Hall–Kier alpha value is -0.0400. The normalized spacial score (nSPS) is 17.7. The maximum atomic E-state index is 4.80. The third-order valence-corrected chi connectivity index (χ3v) is 3.98. The summed E-state index contributed by atoms with van der Waals surface area (Å²) >= 11 is 0. The lowest BCUT2D eigenvalue weighted by molar-refractivity contribution is 0.197. The van der Waals surface area contributed by atoms with Crippen molar-refractivity contribution in [1.82, 2.24) is 15.5 Å². The Kier molecular flexibility index (Phi) is 12.5. The van der Waals surface area contributed by atoms with Crippen LogP contribution in [0.2, 0.25) is 0 Å². The van der Waals surface area contributed by atoms with Crippen LogP contribution in [0.1, 0.15) is 53.4 Å². The maximum absolute atomic E-state index is 4.80. The summed E-state index contributed by atoms with van der Waals surface area (Å²) in [7, 11) is 0. The molecular weight excluding hydrogens is 375 g/mol. The molecule has 21 heavy (non-hydrogen) atoms. The second-order valence-electron chi connectivity index (χ2n) is 6.05. The van der Waals surface area contributed by atoms with E-state index in [1.54, 1.807) is 0 Å². The van der Waals surface area contributed by atoms with Crippen molar-refractivity contribution < 1.29 is 0 Å². The van der Waals surface area contributed by atoms with Gasteiger partial charge in [-0.15, -0.1) is 24.0 Å². The van der Waals surface area contributed by atoms with E-state index in [-0.39, 0.29) is 24.0 Å². The topological polar surface area (TPSA) is 39.7 Å². The first kappa shape index (κ1) is 21.0. The summed E-state index contributed by atoms with van der Waals surface area (Å²) in [6, 6.07) is 0.583. The van der Waals surface area contributed by atoms with Crippen molar-refractivity contribution in [2.24, 2.45) is 10.9 Å². The van der Waals surface area contributed by atoms with Crippen molar-refractivity contribution in [2.45, 2.75) is 59.4 Å². The molecule has 0 aliphatic carbocycles. The Morgan fingerprint density at radius 3 is 2.33 bits per heavy atom. The monoisotopic (exact) mass is 410 g/mol. The molecule has 126 valence electrons. The van der Waals surface area contributed by atoms with Gasteiger partial charge in [0.2, 0.25) is 0 Å². The van der Waals surface area contributed by atoms with Crippen LogP contribution in [0.15, 0.2) is 4.99 Å². The zero-order valence-corrected chi connectivity index (χ0v) is 16.7. The second kappa shape index (κ2) is 12.5. The molecule has 0 aromatic carbocycles. The number of hydrogen-bond acceptors (Lipinski definition) is 2. The van der Waals surface area contributed by atoms with Gasteiger partial charge in [-0.1, -0.05) is 27.2 Å². The van der Waals surface area contributed by atoms with Crippen molar-refractivity contribution in [3.8, 4) is 0 Å². The molecule has 1 rings (SSSR count). The zero-order chi connectivity index (χ0) is 14.8. The van der Waals surface area contributed by atoms with E-state index in [4.69, 9.17) is 4.99 Å². The van der Waals surface area contributed by atoms with Crippen molar-refractivity contribution in [3.05, 3.63) is 0 Å². The minimum absolute atomic E-state index is 0. The highest BCUT2D eigenvalue weighted by Crippen LogP contribution is 2.17. The molecule has 1 aliphatic rings. The third-order valence-electron chi connectivity index (χ3n) is 3.98. The lowest BCUT2D eigenvalue weighted by Crippen LogP contribution is -2.42. The summed E-state index contributed by atoms with van der Waals surface area (Å²) in [6.45, 7) is 14.3. The van der Waals surface area contributed by atoms with Crippen LogP contribution in [0.3, 0.4) is 0 Å². The van der Waals surface area contributed by atoms with Gasteiger partial charge >= 0.3 is 0 Å². The van der Waals surface area contributed by atoms with E-state index in [2.05, 4.69) is 43.2 Å². The number of nitrogens with zero attached hydrogens (tertiary/aromatic N) is 2. The van der Waals surface area contributed by atoms with Crippen LogP contribution >= 0.6 is 24.0 Å². The minimum Gasteiger partial charge on any atom is -0.357 e. The van der Waals surface area contributed by atoms with Crippen molar-refractivity contribution in [1.29, 1.82) is 0 Å². The number of aliphatic imine (C=N–C) groups is 1. The summed E-state index contributed by atoms with van der Waals surface area (Å²) in [5, 5.41) is 6.77. The molecule has 1 aliphatic heterocycles. The number of hydrogen-bond donors (Lipinski definition) is 2. The molecule has 0 radical (unpaired) electrons. The summed E-state index contributed by atoms with van der Waals surface area (Å²) in [6.07, 6.45) is 5.11. The molecule has 2 N–H and O–H groups in total. The van der Waals surface area contributed by atoms with Crippen LogP contribution < -0.4 is 10.6 Å². The summed E-state index contributed by atoms with van der Waals surface area (Å²) < 4.78 is 0. The van der Waals surface area contributed by atoms with Gasteiger partial charge in [0, 0.05) is 19.1 Å². The number of guanidine groups is 1. The zero-order valence-electron chi connectivity index (χ0n) is 14.3. The molecule has 1 atom stereocenters. The van der Waals surface area contributed by atoms with Gasteiger partial charge in [0.25, 0.3) is 0 Å². The van der Waals surface area contributed by atoms with E-state index in [0.717, 1.165) is 25.6 Å². The number of nitrogens with one attached hydrogen (secondary N) is 2. The van der Waals surface area contributed by atoms with Gasteiger partial charge in [-0.25, -0.2) is 0 Å². The molecule has 0 aromatic rings. The molecule has 0 saturated carbocycles. The van der Waals surface area contributed by atoms with Crippen LogP contribution in [0.5, 0.6) is 0 Å². The Bertz CT molecular complexity index is 275. The standard InChI is InChI=1S/C16H34N4.HI/c1-5-7-10-18-16(17-6-2)19-13-15(14(3)4)20-11-8-9-12-20;/h14-15H,5-13H2,1-4H3,(H2,17,18,19);1H. The van der Waals surface area contributed by atoms with Gasteiger partial charge in [-0.05, 0) is 45.2 Å². The second-order valence-corrected chi connectivity index (χ2v) is 6.05. The highest BCUT2D eigenvalue weighted by Gasteiger charge is 2.24. The van der Waals surface area contributed by atoms with Crippen molar-refractivity contribution in [3.63, 3.8) is 0 Å². The predicted molar refractivity (Wildman–Crippen MR) is 104 cm³/mol. The van der Waals surface area contributed by atoms with E-state index >= 15 is 0 Å². The van der Waals surface area contributed by atoms with Crippen molar-refractivity contribution >= 4 is 29.9 Å². The van der Waals surface area contributed by atoms with Gasteiger partial charge in [-0.3, -0.25) is 9.89 Å². The SMILES string of the molecule is CCCCNC(=NCC(C(C)C)N1CCCC1)NCC.I. The average Bonchev–Trinajstić information content (AvgIpc) is 2.92. The quantitative estimate of drug-likeness (QED) is 0.280. The molecule has 0 aromatic heterocycles. The highest BCUT2D eigenvalue weighted by molar-refractivity contribution is 14.0. The Morgan fingerprint density at radius 2 is 1.81 bits per heavy atom. The van der Waals surface area contributed by atoms with Crippen LogP contribution in [0.4, 0.5) is 0 Å². The fourth-order valence-electron chi connectivity index (χ4n) is 2.73. The largest absolute Gasteiger partial charge is 0.357 e. The van der Waals surface area contributed by atoms with Gasteiger partial charge in [0.05, 0.1) is 6.54 Å². The van der Waals surface area contributed by atoms with Gasteiger partial charge in [0.15, 0.2) is 5.96 Å². The molecule has 0 bridgehead atoms. The van der Waals surface area contributed by atoms with Gasteiger partial charge < -0.3 is 10.6 Å². The van der Waals surface area contributed by atoms with E-state index in [9.17, 15) is 0 Å². The van der Waals surface area contributed by atoms with E-state index in [1.165, 1.54) is 38.8 Å². The minimum atomic E-state index is 0. The lowest BCUT2D eigenvalue weighted by Gasteiger charge is -2.29. The third kappa shape index (κ3) is 8.24. The van der Waals surface area contributed by atoms with E-state index in [1.807, 2.05) is 0 Å².